The quantitative estimate of drug-likeness (QED) is 0.581. The topological polar surface area (TPSA) is 79.1 Å². The Balaban J connectivity index is 1.77. The van der Waals surface area contributed by atoms with Crippen molar-refractivity contribution in [3.05, 3.63) is 51.8 Å². The van der Waals surface area contributed by atoms with Crippen molar-refractivity contribution in [1.82, 2.24) is 4.57 Å². The van der Waals surface area contributed by atoms with E-state index in [1.165, 1.54) is 11.3 Å². The zero-order valence-corrected chi connectivity index (χ0v) is 17.9. The van der Waals surface area contributed by atoms with Gasteiger partial charge < -0.3 is 18.8 Å². The van der Waals surface area contributed by atoms with Gasteiger partial charge in [0.05, 0.1) is 23.2 Å². The Kier molecular flexibility index (Phi) is 5.59. The van der Waals surface area contributed by atoms with Gasteiger partial charge in [-0.15, -0.1) is 0 Å². The first-order chi connectivity index (χ1) is 14.5. The number of aryl methyl sites for hydroxylation is 3. The molecule has 3 aromatic rings. The highest BCUT2D eigenvalue weighted by Gasteiger charge is 2.19. The monoisotopic (exact) mass is 426 g/mol. The van der Waals surface area contributed by atoms with Crippen LogP contribution in [0, 0.1) is 13.8 Å². The van der Waals surface area contributed by atoms with Crippen molar-refractivity contribution >= 4 is 33.4 Å². The fraction of sp³-hybridized carbons (Fsp3) is 0.318. The largest absolute Gasteiger partial charge is 0.466 e. The summed E-state index contributed by atoms with van der Waals surface area (Å²) in [4.78, 5) is 29.6. The van der Waals surface area contributed by atoms with Crippen LogP contribution in [0.3, 0.4) is 0 Å². The average molecular weight is 426 g/mol. The number of amides is 1. The number of carbonyl (C=O) groups is 2. The first kappa shape index (κ1) is 20.2. The summed E-state index contributed by atoms with van der Waals surface area (Å²) in [5.41, 5.74) is 3.52. The first-order valence-electron chi connectivity index (χ1n) is 9.71. The average Bonchev–Trinajstić information content (AvgIpc) is 3.30. The molecule has 4 rings (SSSR count). The van der Waals surface area contributed by atoms with Gasteiger partial charge in [0.2, 0.25) is 6.79 Å². The fourth-order valence-electron chi connectivity index (χ4n) is 3.22. The second-order valence-electron chi connectivity index (χ2n) is 6.98. The molecule has 0 spiro atoms. The summed E-state index contributed by atoms with van der Waals surface area (Å²) in [5.74, 6) is 0.677. The van der Waals surface area contributed by atoms with Crippen molar-refractivity contribution in [2.45, 2.75) is 33.7 Å². The van der Waals surface area contributed by atoms with Crippen molar-refractivity contribution in [3.63, 3.8) is 0 Å². The molecule has 0 fully saturated rings. The van der Waals surface area contributed by atoms with Crippen LogP contribution in [0.2, 0.25) is 0 Å². The SMILES string of the molecule is CCOC(=O)CCn1c(=NC(=O)c2ccc(C)c(C)c2)sc2cc3c(cc21)OCO3. The maximum absolute atomic E-state index is 12.8. The molecule has 1 aromatic heterocycles. The summed E-state index contributed by atoms with van der Waals surface area (Å²) in [5, 5.41) is 0. The normalized spacial score (nSPS) is 13.1. The van der Waals surface area contributed by atoms with Gasteiger partial charge in [-0.3, -0.25) is 9.59 Å². The van der Waals surface area contributed by atoms with Crippen molar-refractivity contribution in [2.75, 3.05) is 13.4 Å². The van der Waals surface area contributed by atoms with Gasteiger partial charge in [0, 0.05) is 24.2 Å². The molecule has 0 saturated heterocycles. The summed E-state index contributed by atoms with van der Waals surface area (Å²) < 4.78 is 18.8. The van der Waals surface area contributed by atoms with E-state index >= 15 is 0 Å². The van der Waals surface area contributed by atoms with Crippen LogP contribution in [-0.2, 0) is 16.1 Å². The smallest absolute Gasteiger partial charge is 0.307 e. The number of hydrogen-bond donors (Lipinski definition) is 0. The summed E-state index contributed by atoms with van der Waals surface area (Å²) in [6, 6.07) is 9.27. The Bertz CT molecular complexity index is 1210. The number of thiazole rings is 1. The van der Waals surface area contributed by atoms with E-state index in [2.05, 4.69) is 4.99 Å². The molecular weight excluding hydrogens is 404 g/mol. The third-order valence-electron chi connectivity index (χ3n) is 4.97. The lowest BCUT2D eigenvalue weighted by molar-refractivity contribution is -0.143. The van der Waals surface area contributed by atoms with Gasteiger partial charge in [-0.05, 0) is 44.0 Å². The molecule has 0 radical (unpaired) electrons. The molecule has 0 saturated carbocycles. The minimum Gasteiger partial charge on any atom is -0.466 e. The van der Waals surface area contributed by atoms with Gasteiger partial charge >= 0.3 is 5.97 Å². The van der Waals surface area contributed by atoms with Gasteiger partial charge in [0.25, 0.3) is 5.91 Å². The second-order valence-corrected chi connectivity index (χ2v) is 7.99. The number of esters is 1. The van der Waals surface area contributed by atoms with E-state index in [9.17, 15) is 9.59 Å². The highest BCUT2D eigenvalue weighted by molar-refractivity contribution is 7.16. The fourth-order valence-corrected chi connectivity index (χ4v) is 4.29. The predicted octanol–water partition coefficient (Wildman–Crippen LogP) is 3.74. The van der Waals surface area contributed by atoms with Crippen LogP contribution in [0.25, 0.3) is 10.2 Å². The molecule has 0 N–H and O–H groups in total. The minimum atomic E-state index is -0.324. The lowest BCUT2D eigenvalue weighted by atomic mass is 10.1. The molecule has 7 nitrogen and oxygen atoms in total. The molecule has 0 bridgehead atoms. The Morgan fingerprint density at radius 1 is 1.13 bits per heavy atom. The minimum absolute atomic E-state index is 0.178. The number of ether oxygens (including phenoxy) is 3. The number of hydrogen-bond acceptors (Lipinski definition) is 6. The number of benzene rings is 2. The molecule has 0 unspecified atom stereocenters. The molecule has 30 heavy (non-hydrogen) atoms. The third kappa shape index (κ3) is 3.95. The Hall–Kier alpha value is -3.13. The second kappa shape index (κ2) is 8.31. The highest BCUT2D eigenvalue weighted by Crippen LogP contribution is 2.37. The molecule has 0 aliphatic carbocycles. The maximum Gasteiger partial charge on any atom is 0.307 e. The first-order valence-corrected chi connectivity index (χ1v) is 10.5. The van der Waals surface area contributed by atoms with E-state index < -0.39 is 0 Å². The van der Waals surface area contributed by atoms with Crippen molar-refractivity contribution in [1.29, 1.82) is 0 Å². The number of nitrogens with zero attached hydrogens (tertiary/aromatic N) is 2. The molecule has 1 aliphatic heterocycles. The van der Waals surface area contributed by atoms with E-state index in [0.29, 0.717) is 35.0 Å². The van der Waals surface area contributed by atoms with Crippen LogP contribution in [0.1, 0.15) is 34.8 Å². The molecule has 156 valence electrons. The molecule has 1 amide bonds. The van der Waals surface area contributed by atoms with Gasteiger partial charge in [0.1, 0.15) is 0 Å². The van der Waals surface area contributed by atoms with E-state index in [4.69, 9.17) is 14.2 Å². The van der Waals surface area contributed by atoms with Crippen LogP contribution >= 0.6 is 11.3 Å². The maximum atomic E-state index is 12.8. The molecular formula is C22H22N2O5S. The van der Waals surface area contributed by atoms with Crippen LogP contribution in [0.4, 0.5) is 0 Å². The lowest BCUT2D eigenvalue weighted by Gasteiger charge is -2.06. The summed E-state index contributed by atoms with van der Waals surface area (Å²) in [7, 11) is 0. The van der Waals surface area contributed by atoms with Crippen molar-refractivity contribution in [3.8, 4) is 11.5 Å². The number of aromatic nitrogens is 1. The predicted molar refractivity (Wildman–Crippen MR) is 113 cm³/mol. The molecule has 2 aromatic carbocycles. The molecule has 8 heteroatoms. The Morgan fingerprint density at radius 3 is 2.63 bits per heavy atom. The van der Waals surface area contributed by atoms with Crippen LogP contribution in [0.15, 0.2) is 35.3 Å². The van der Waals surface area contributed by atoms with Gasteiger partial charge in [-0.2, -0.15) is 4.99 Å². The summed E-state index contributed by atoms with van der Waals surface area (Å²) in [6.45, 7) is 6.59. The highest BCUT2D eigenvalue weighted by atomic mass is 32.1. The van der Waals surface area contributed by atoms with E-state index in [1.54, 1.807) is 13.0 Å². The van der Waals surface area contributed by atoms with E-state index in [0.717, 1.165) is 21.3 Å². The van der Waals surface area contributed by atoms with E-state index in [1.807, 2.05) is 42.7 Å². The summed E-state index contributed by atoms with van der Waals surface area (Å²) >= 11 is 1.37. The molecule has 0 atom stereocenters. The van der Waals surface area contributed by atoms with Gasteiger partial charge in [0.15, 0.2) is 16.3 Å². The van der Waals surface area contributed by atoms with Crippen LogP contribution in [-0.4, -0.2) is 29.8 Å². The van der Waals surface area contributed by atoms with E-state index in [-0.39, 0.29) is 25.1 Å². The third-order valence-corrected chi connectivity index (χ3v) is 6.01. The zero-order chi connectivity index (χ0) is 21.3. The number of carbonyl (C=O) groups excluding carboxylic acids is 2. The molecule has 2 heterocycles. The van der Waals surface area contributed by atoms with Crippen LogP contribution in [0.5, 0.6) is 11.5 Å². The standard InChI is InChI=1S/C22H22N2O5S/c1-4-27-20(25)7-8-24-16-10-17-18(29-12-28-17)11-19(16)30-22(24)23-21(26)15-6-5-13(2)14(3)9-15/h5-6,9-11H,4,7-8,12H2,1-3H3. The number of rotatable bonds is 5. The van der Waals surface area contributed by atoms with Crippen molar-refractivity contribution < 1.29 is 23.8 Å². The lowest BCUT2D eigenvalue weighted by Crippen LogP contribution is -2.19. The van der Waals surface area contributed by atoms with Crippen LogP contribution < -0.4 is 14.3 Å². The zero-order valence-electron chi connectivity index (χ0n) is 17.1. The Labute approximate surface area is 177 Å². The Morgan fingerprint density at radius 2 is 1.90 bits per heavy atom. The van der Waals surface area contributed by atoms with Crippen molar-refractivity contribution in [2.24, 2.45) is 4.99 Å². The van der Waals surface area contributed by atoms with Gasteiger partial charge in [-0.25, -0.2) is 0 Å². The number of fused-ring (bicyclic) bond motifs is 2. The molecule has 1 aliphatic rings. The summed E-state index contributed by atoms with van der Waals surface area (Å²) in [6.07, 6.45) is 0.180. The van der Waals surface area contributed by atoms with Gasteiger partial charge in [-0.1, -0.05) is 17.4 Å².